The summed E-state index contributed by atoms with van der Waals surface area (Å²) < 4.78 is 0. The highest BCUT2D eigenvalue weighted by Gasteiger charge is 2.32. The number of nitrogens with one attached hydrogen (secondary N) is 1. The Kier molecular flexibility index (Phi) is 3.22. The van der Waals surface area contributed by atoms with Gasteiger partial charge in [-0.15, -0.1) is 6.58 Å². The van der Waals surface area contributed by atoms with E-state index >= 15 is 0 Å². The predicted octanol–water partition coefficient (Wildman–Crippen LogP) is 2.88. The fraction of sp³-hybridized carbons (Fsp3) is 0.429. The van der Waals surface area contributed by atoms with Crippen LogP contribution >= 0.6 is 0 Å². The first-order valence-electron chi connectivity index (χ1n) is 5.74. The van der Waals surface area contributed by atoms with Crippen molar-refractivity contribution >= 4 is 0 Å². The predicted molar refractivity (Wildman–Crippen MR) is 65.0 cm³/mol. The first kappa shape index (κ1) is 10.4. The van der Waals surface area contributed by atoms with Gasteiger partial charge in [0.1, 0.15) is 0 Å². The van der Waals surface area contributed by atoms with Gasteiger partial charge in [-0.05, 0) is 31.4 Å². The lowest BCUT2D eigenvalue weighted by molar-refractivity contribution is 0.315. The zero-order valence-electron chi connectivity index (χ0n) is 9.21. The highest BCUT2D eigenvalue weighted by Crippen LogP contribution is 2.34. The summed E-state index contributed by atoms with van der Waals surface area (Å²) in [7, 11) is 0. The summed E-state index contributed by atoms with van der Waals surface area (Å²) in [5.41, 5.74) is 1.75. The number of benzene rings is 1. The van der Waals surface area contributed by atoms with Crippen molar-refractivity contribution in [3.63, 3.8) is 0 Å². The van der Waals surface area contributed by atoms with E-state index in [2.05, 4.69) is 48.3 Å². The van der Waals surface area contributed by atoms with Gasteiger partial charge in [0.2, 0.25) is 0 Å². The molecule has 1 aliphatic rings. The lowest BCUT2D eigenvalue weighted by Crippen LogP contribution is -2.43. The molecular weight excluding hydrogens is 182 g/mol. The molecule has 1 heteroatoms. The van der Waals surface area contributed by atoms with Gasteiger partial charge in [-0.3, -0.25) is 0 Å². The van der Waals surface area contributed by atoms with E-state index in [4.69, 9.17) is 0 Å². The van der Waals surface area contributed by atoms with Crippen LogP contribution in [0, 0.1) is 0 Å². The van der Waals surface area contributed by atoms with Crippen LogP contribution in [0.1, 0.15) is 24.8 Å². The summed E-state index contributed by atoms with van der Waals surface area (Å²) in [5, 5.41) is 3.51. The SMILES string of the molecule is C=CCC1(c2ccccc2)CCCNC1. The molecule has 1 fully saturated rings. The third-order valence-corrected chi connectivity index (χ3v) is 3.39. The number of hydrogen-bond donors (Lipinski definition) is 1. The Morgan fingerprint density at radius 2 is 2.13 bits per heavy atom. The molecular formula is C14H19N. The second-order valence-corrected chi connectivity index (χ2v) is 4.42. The highest BCUT2D eigenvalue weighted by molar-refractivity contribution is 5.27. The molecule has 0 aromatic heterocycles. The summed E-state index contributed by atoms with van der Waals surface area (Å²) in [6, 6.07) is 10.8. The molecule has 0 saturated carbocycles. The molecule has 1 nitrogen and oxygen atoms in total. The van der Waals surface area contributed by atoms with Crippen molar-refractivity contribution in [2.24, 2.45) is 0 Å². The minimum absolute atomic E-state index is 0.293. The highest BCUT2D eigenvalue weighted by atomic mass is 14.9. The maximum atomic E-state index is 3.90. The first-order chi connectivity index (χ1) is 7.37. The molecule has 0 amide bonds. The van der Waals surface area contributed by atoms with Gasteiger partial charge in [0.25, 0.3) is 0 Å². The molecule has 1 atom stereocenters. The van der Waals surface area contributed by atoms with E-state index in [-0.39, 0.29) is 0 Å². The second-order valence-electron chi connectivity index (χ2n) is 4.42. The Bertz CT molecular complexity index is 309. The third-order valence-electron chi connectivity index (χ3n) is 3.39. The zero-order chi connectivity index (χ0) is 10.6. The van der Waals surface area contributed by atoms with E-state index in [1.165, 1.54) is 18.4 Å². The average Bonchev–Trinajstić information content (AvgIpc) is 2.32. The van der Waals surface area contributed by atoms with Crippen molar-refractivity contribution in [2.45, 2.75) is 24.7 Å². The van der Waals surface area contributed by atoms with Crippen LogP contribution in [0.25, 0.3) is 0 Å². The summed E-state index contributed by atoms with van der Waals surface area (Å²) in [5.74, 6) is 0. The Morgan fingerprint density at radius 3 is 2.73 bits per heavy atom. The summed E-state index contributed by atoms with van der Waals surface area (Å²) in [6.07, 6.45) is 5.67. The van der Waals surface area contributed by atoms with Crippen LogP contribution in [-0.4, -0.2) is 13.1 Å². The topological polar surface area (TPSA) is 12.0 Å². The number of hydrogen-bond acceptors (Lipinski definition) is 1. The second kappa shape index (κ2) is 4.63. The summed E-state index contributed by atoms with van der Waals surface area (Å²) in [4.78, 5) is 0. The maximum absolute atomic E-state index is 3.90. The molecule has 0 radical (unpaired) electrons. The van der Waals surface area contributed by atoms with Crippen LogP contribution in [0.15, 0.2) is 43.0 Å². The molecule has 15 heavy (non-hydrogen) atoms. The Hall–Kier alpha value is -1.08. The van der Waals surface area contributed by atoms with Crippen molar-refractivity contribution in [1.29, 1.82) is 0 Å². The molecule has 0 aliphatic carbocycles. The third kappa shape index (κ3) is 2.13. The fourth-order valence-electron chi connectivity index (χ4n) is 2.57. The van der Waals surface area contributed by atoms with E-state index in [0.29, 0.717) is 5.41 Å². The lowest BCUT2D eigenvalue weighted by atomic mass is 9.72. The van der Waals surface area contributed by atoms with Gasteiger partial charge in [-0.1, -0.05) is 36.4 Å². The van der Waals surface area contributed by atoms with Crippen LogP contribution in [0.5, 0.6) is 0 Å². The van der Waals surface area contributed by atoms with Crippen molar-refractivity contribution in [3.8, 4) is 0 Å². The average molecular weight is 201 g/mol. The number of allylic oxidation sites excluding steroid dienone is 1. The quantitative estimate of drug-likeness (QED) is 0.741. The summed E-state index contributed by atoms with van der Waals surface area (Å²) >= 11 is 0. The van der Waals surface area contributed by atoms with Gasteiger partial charge in [0.05, 0.1) is 0 Å². The minimum atomic E-state index is 0.293. The molecule has 80 valence electrons. The van der Waals surface area contributed by atoms with Crippen LogP contribution in [-0.2, 0) is 5.41 Å². The molecule has 1 aromatic carbocycles. The molecule has 1 N–H and O–H groups in total. The molecule has 0 bridgehead atoms. The molecule has 1 heterocycles. The molecule has 2 rings (SSSR count). The van der Waals surface area contributed by atoms with Crippen molar-refractivity contribution in [1.82, 2.24) is 5.32 Å². The Morgan fingerprint density at radius 1 is 1.33 bits per heavy atom. The van der Waals surface area contributed by atoms with E-state index in [1.807, 2.05) is 0 Å². The van der Waals surface area contributed by atoms with Gasteiger partial charge < -0.3 is 5.32 Å². The molecule has 1 aliphatic heterocycles. The van der Waals surface area contributed by atoms with Crippen LogP contribution in [0.3, 0.4) is 0 Å². The standard InChI is InChI=1S/C14H19N/c1-2-9-14(10-6-11-15-12-14)13-7-4-3-5-8-13/h2-5,7-8,15H,1,6,9-12H2. The number of piperidine rings is 1. The van der Waals surface area contributed by atoms with Crippen molar-refractivity contribution < 1.29 is 0 Å². The van der Waals surface area contributed by atoms with Crippen LogP contribution in [0.2, 0.25) is 0 Å². The van der Waals surface area contributed by atoms with E-state index in [1.54, 1.807) is 0 Å². The molecule has 1 saturated heterocycles. The number of rotatable bonds is 3. The molecule has 1 aromatic rings. The van der Waals surface area contributed by atoms with E-state index in [9.17, 15) is 0 Å². The lowest BCUT2D eigenvalue weighted by Gasteiger charge is -2.37. The van der Waals surface area contributed by atoms with Gasteiger partial charge in [-0.2, -0.15) is 0 Å². The van der Waals surface area contributed by atoms with Crippen molar-refractivity contribution in [3.05, 3.63) is 48.6 Å². The van der Waals surface area contributed by atoms with Gasteiger partial charge in [0, 0.05) is 12.0 Å². The maximum Gasteiger partial charge on any atom is 0.0112 e. The van der Waals surface area contributed by atoms with Gasteiger partial charge >= 0.3 is 0 Å². The monoisotopic (exact) mass is 201 g/mol. The fourth-order valence-corrected chi connectivity index (χ4v) is 2.57. The summed E-state index contributed by atoms with van der Waals surface area (Å²) in [6.45, 7) is 6.14. The van der Waals surface area contributed by atoms with Crippen LogP contribution < -0.4 is 5.32 Å². The molecule has 0 spiro atoms. The normalized spacial score (nSPS) is 26.1. The van der Waals surface area contributed by atoms with Gasteiger partial charge in [0.15, 0.2) is 0 Å². The van der Waals surface area contributed by atoms with Gasteiger partial charge in [-0.25, -0.2) is 0 Å². The Labute approximate surface area is 92.2 Å². The smallest absolute Gasteiger partial charge is 0.0112 e. The van der Waals surface area contributed by atoms with E-state index in [0.717, 1.165) is 19.5 Å². The largest absolute Gasteiger partial charge is 0.316 e. The van der Waals surface area contributed by atoms with E-state index < -0.39 is 0 Å². The van der Waals surface area contributed by atoms with Crippen LogP contribution in [0.4, 0.5) is 0 Å². The molecule has 1 unspecified atom stereocenters. The zero-order valence-corrected chi connectivity index (χ0v) is 9.21. The Balaban J connectivity index is 2.29. The first-order valence-corrected chi connectivity index (χ1v) is 5.74. The van der Waals surface area contributed by atoms with Crippen molar-refractivity contribution in [2.75, 3.05) is 13.1 Å². The minimum Gasteiger partial charge on any atom is -0.316 e.